The maximum atomic E-state index is 12.9. The molecule has 2 aliphatic rings. The van der Waals surface area contributed by atoms with Crippen molar-refractivity contribution >= 4 is 20.8 Å². The number of fused-ring (bicyclic) bond motifs is 2. The first-order valence-corrected chi connectivity index (χ1v) is 10.2. The fraction of sp³-hybridized carbons (Fsp3) is 0.474. The summed E-state index contributed by atoms with van der Waals surface area (Å²) < 4.78 is 44.9. The zero-order chi connectivity index (χ0) is 18.3. The topological polar surface area (TPSA) is 73.9 Å². The van der Waals surface area contributed by atoms with Gasteiger partial charge in [-0.3, -0.25) is 0 Å². The Kier molecular flexibility index (Phi) is 4.64. The third kappa shape index (κ3) is 2.99. The normalized spacial score (nSPS) is 27.9. The van der Waals surface area contributed by atoms with Crippen LogP contribution in [0.1, 0.15) is 6.42 Å². The summed E-state index contributed by atoms with van der Waals surface area (Å²) in [6.07, 6.45) is 0.988. The lowest BCUT2D eigenvalue weighted by Gasteiger charge is -2.47. The SMILES string of the molecule is COC[C@H]1[C@@H](NS(=O)(=O)c2ccc3cc(OC)ccc3c2)[C@@H]2CCO[C@@H]21. The van der Waals surface area contributed by atoms with Gasteiger partial charge in [0.2, 0.25) is 10.0 Å². The molecule has 6 nitrogen and oxygen atoms in total. The van der Waals surface area contributed by atoms with Crippen molar-refractivity contribution < 1.29 is 22.6 Å². The second-order valence-corrected chi connectivity index (χ2v) is 8.64. The van der Waals surface area contributed by atoms with Crippen LogP contribution in [0.15, 0.2) is 41.3 Å². The van der Waals surface area contributed by atoms with Crippen LogP contribution >= 0.6 is 0 Å². The molecule has 4 atom stereocenters. The number of ether oxygens (including phenoxy) is 3. The molecule has 0 radical (unpaired) electrons. The van der Waals surface area contributed by atoms with Crippen LogP contribution in [0.4, 0.5) is 0 Å². The van der Waals surface area contributed by atoms with Crippen molar-refractivity contribution in [2.24, 2.45) is 11.8 Å². The maximum Gasteiger partial charge on any atom is 0.240 e. The van der Waals surface area contributed by atoms with Gasteiger partial charge in [-0.15, -0.1) is 0 Å². The minimum Gasteiger partial charge on any atom is -0.497 e. The first kappa shape index (κ1) is 17.7. The summed E-state index contributed by atoms with van der Waals surface area (Å²) in [6, 6.07) is 10.6. The maximum absolute atomic E-state index is 12.9. The van der Waals surface area contributed by atoms with Gasteiger partial charge in [-0.1, -0.05) is 12.1 Å². The van der Waals surface area contributed by atoms with E-state index < -0.39 is 10.0 Å². The first-order valence-electron chi connectivity index (χ1n) is 8.74. The summed E-state index contributed by atoms with van der Waals surface area (Å²) >= 11 is 0. The van der Waals surface area contributed by atoms with Crippen molar-refractivity contribution in [1.29, 1.82) is 0 Å². The van der Waals surface area contributed by atoms with E-state index in [1.54, 1.807) is 32.4 Å². The quantitative estimate of drug-likeness (QED) is 0.835. The van der Waals surface area contributed by atoms with Crippen LogP contribution in [-0.4, -0.2) is 48.0 Å². The molecule has 2 aromatic carbocycles. The van der Waals surface area contributed by atoms with E-state index in [2.05, 4.69) is 4.72 Å². The average Bonchev–Trinajstić information content (AvgIpc) is 3.08. The lowest BCUT2D eigenvalue weighted by Crippen LogP contribution is -2.62. The minimum atomic E-state index is -3.61. The zero-order valence-corrected chi connectivity index (χ0v) is 15.7. The summed E-state index contributed by atoms with van der Waals surface area (Å²) in [5, 5.41) is 1.80. The number of rotatable bonds is 6. The van der Waals surface area contributed by atoms with Crippen LogP contribution in [0.5, 0.6) is 5.75 Å². The molecule has 4 rings (SSSR count). The molecule has 2 aromatic rings. The van der Waals surface area contributed by atoms with Crippen molar-refractivity contribution in [3.63, 3.8) is 0 Å². The van der Waals surface area contributed by atoms with E-state index in [0.717, 1.165) is 22.9 Å². The number of hydrogen-bond acceptors (Lipinski definition) is 5. The fourth-order valence-corrected chi connectivity index (χ4v) is 5.51. The van der Waals surface area contributed by atoms with Crippen molar-refractivity contribution in [2.75, 3.05) is 27.4 Å². The van der Waals surface area contributed by atoms with Gasteiger partial charge in [-0.2, -0.15) is 0 Å². The number of nitrogens with one attached hydrogen (secondary N) is 1. The monoisotopic (exact) mass is 377 g/mol. The minimum absolute atomic E-state index is 0.0620. The van der Waals surface area contributed by atoms with Gasteiger partial charge < -0.3 is 14.2 Å². The molecule has 1 saturated carbocycles. The Bertz CT molecular complexity index is 913. The third-order valence-corrected chi connectivity index (χ3v) is 6.96. The molecule has 1 aliphatic heterocycles. The highest BCUT2D eigenvalue weighted by Crippen LogP contribution is 2.44. The number of benzene rings is 2. The Labute approximate surface area is 153 Å². The molecule has 1 aliphatic carbocycles. The van der Waals surface area contributed by atoms with E-state index in [1.807, 2.05) is 18.2 Å². The molecule has 0 aromatic heterocycles. The van der Waals surface area contributed by atoms with Crippen molar-refractivity contribution in [1.82, 2.24) is 4.72 Å². The van der Waals surface area contributed by atoms with Gasteiger partial charge in [-0.05, 0) is 41.5 Å². The Balaban J connectivity index is 1.59. The van der Waals surface area contributed by atoms with Crippen LogP contribution in [-0.2, 0) is 19.5 Å². The van der Waals surface area contributed by atoms with Crippen LogP contribution in [0.2, 0.25) is 0 Å². The predicted octanol–water partition coefficient (Wildman–Crippen LogP) is 2.18. The van der Waals surface area contributed by atoms with Crippen molar-refractivity contribution in [2.45, 2.75) is 23.5 Å². The Hall–Kier alpha value is -1.67. The molecular weight excluding hydrogens is 354 g/mol. The molecule has 2 fully saturated rings. The van der Waals surface area contributed by atoms with Gasteiger partial charge in [0.05, 0.1) is 24.7 Å². The van der Waals surface area contributed by atoms with E-state index in [0.29, 0.717) is 13.2 Å². The Morgan fingerprint density at radius 2 is 1.92 bits per heavy atom. The molecule has 140 valence electrons. The number of hydrogen-bond donors (Lipinski definition) is 1. The van der Waals surface area contributed by atoms with Crippen LogP contribution in [0.3, 0.4) is 0 Å². The second-order valence-electron chi connectivity index (χ2n) is 6.93. The van der Waals surface area contributed by atoms with Gasteiger partial charge in [-0.25, -0.2) is 13.1 Å². The van der Waals surface area contributed by atoms with Gasteiger partial charge >= 0.3 is 0 Å². The highest BCUT2D eigenvalue weighted by atomic mass is 32.2. The molecule has 0 spiro atoms. The lowest BCUT2D eigenvalue weighted by atomic mass is 9.68. The zero-order valence-electron chi connectivity index (χ0n) is 14.8. The summed E-state index contributed by atoms with van der Waals surface area (Å²) in [4.78, 5) is 0.272. The highest BCUT2D eigenvalue weighted by Gasteiger charge is 2.54. The first-order chi connectivity index (χ1) is 12.5. The average molecular weight is 377 g/mol. The number of sulfonamides is 1. The standard InChI is InChI=1S/C19H23NO5S/c1-23-11-17-18(16-7-8-25-19(16)17)20-26(21,22)15-6-4-12-9-14(24-2)5-3-13(12)10-15/h3-6,9-10,16-20H,7-8,11H2,1-2H3/t16-,17-,18-,19-/m0/s1. The van der Waals surface area contributed by atoms with Crippen molar-refractivity contribution in [3.8, 4) is 5.75 Å². The van der Waals surface area contributed by atoms with Crippen LogP contribution < -0.4 is 9.46 Å². The van der Waals surface area contributed by atoms with E-state index in [-0.39, 0.29) is 28.9 Å². The van der Waals surface area contributed by atoms with E-state index in [1.165, 1.54) is 0 Å². The molecule has 7 heteroatoms. The van der Waals surface area contributed by atoms with E-state index in [9.17, 15) is 8.42 Å². The smallest absolute Gasteiger partial charge is 0.240 e. The molecule has 1 saturated heterocycles. The van der Waals surface area contributed by atoms with E-state index in [4.69, 9.17) is 14.2 Å². The Morgan fingerprint density at radius 1 is 1.15 bits per heavy atom. The molecule has 1 N–H and O–H groups in total. The predicted molar refractivity (Wildman–Crippen MR) is 97.8 cm³/mol. The van der Waals surface area contributed by atoms with Gasteiger partial charge in [0.1, 0.15) is 5.75 Å². The van der Waals surface area contributed by atoms with Crippen LogP contribution in [0.25, 0.3) is 10.8 Å². The van der Waals surface area contributed by atoms with E-state index >= 15 is 0 Å². The van der Waals surface area contributed by atoms with Gasteiger partial charge in [0.15, 0.2) is 0 Å². The summed E-state index contributed by atoms with van der Waals surface area (Å²) in [5.74, 6) is 1.04. The lowest BCUT2D eigenvalue weighted by molar-refractivity contribution is -0.0775. The van der Waals surface area contributed by atoms with Gasteiger partial charge in [0, 0.05) is 31.6 Å². The Morgan fingerprint density at radius 3 is 2.69 bits per heavy atom. The van der Waals surface area contributed by atoms with Crippen LogP contribution in [0, 0.1) is 11.8 Å². The molecular formula is C19H23NO5S. The molecule has 0 unspecified atom stereocenters. The molecule has 0 bridgehead atoms. The second kappa shape index (κ2) is 6.81. The molecule has 26 heavy (non-hydrogen) atoms. The summed E-state index contributed by atoms with van der Waals surface area (Å²) in [5.41, 5.74) is 0. The van der Waals surface area contributed by atoms with Gasteiger partial charge in [0.25, 0.3) is 0 Å². The largest absolute Gasteiger partial charge is 0.497 e. The summed E-state index contributed by atoms with van der Waals surface area (Å²) in [6.45, 7) is 1.18. The molecule has 0 amide bonds. The van der Waals surface area contributed by atoms with Crippen molar-refractivity contribution in [3.05, 3.63) is 36.4 Å². The third-order valence-electron chi connectivity index (χ3n) is 5.51. The summed E-state index contributed by atoms with van der Waals surface area (Å²) in [7, 11) is -0.369. The fourth-order valence-electron chi connectivity index (χ4n) is 4.14. The molecule has 1 heterocycles. The highest BCUT2D eigenvalue weighted by molar-refractivity contribution is 7.89. The number of methoxy groups -OCH3 is 2.